The Labute approximate surface area is 129 Å². The Bertz CT molecular complexity index is 470. The Morgan fingerprint density at radius 3 is 2.90 bits per heavy atom. The van der Waals surface area contributed by atoms with Gasteiger partial charge in [-0.2, -0.15) is 0 Å². The molecule has 112 valence electrons. The molecule has 1 saturated heterocycles. The van der Waals surface area contributed by atoms with Gasteiger partial charge in [0.25, 0.3) is 5.91 Å². The van der Waals surface area contributed by atoms with Crippen LogP contribution in [0.1, 0.15) is 37.7 Å². The molecule has 1 N–H and O–H groups in total. The van der Waals surface area contributed by atoms with Gasteiger partial charge < -0.3 is 14.8 Å². The first-order valence-corrected chi connectivity index (χ1v) is 8.18. The van der Waals surface area contributed by atoms with Gasteiger partial charge in [-0.15, -0.1) is 0 Å². The van der Waals surface area contributed by atoms with Crippen molar-refractivity contribution in [2.24, 2.45) is 5.92 Å². The summed E-state index contributed by atoms with van der Waals surface area (Å²) >= 11 is 3.43. The molecule has 0 spiro atoms. The van der Waals surface area contributed by atoms with Gasteiger partial charge in [0, 0.05) is 36.3 Å². The van der Waals surface area contributed by atoms with E-state index in [0.717, 1.165) is 36.3 Å². The number of nitrogens with zero attached hydrogens (tertiary/aromatic N) is 2. The minimum atomic E-state index is 0.0283. The second-order valence-electron chi connectivity index (χ2n) is 5.78. The second-order valence-corrected chi connectivity index (χ2v) is 6.70. The maximum Gasteiger partial charge on any atom is 0.267 e. The fraction of sp³-hybridized carbons (Fsp3) is 0.667. The predicted molar refractivity (Wildman–Crippen MR) is 85.0 cm³/mol. The van der Waals surface area contributed by atoms with Crippen LogP contribution in [0.25, 0.3) is 0 Å². The Kier molecular flexibility index (Phi) is 5.27. The Morgan fingerprint density at radius 2 is 2.30 bits per heavy atom. The highest BCUT2D eigenvalue weighted by molar-refractivity contribution is 9.10. The van der Waals surface area contributed by atoms with Crippen molar-refractivity contribution >= 4 is 21.8 Å². The van der Waals surface area contributed by atoms with E-state index in [4.69, 9.17) is 0 Å². The zero-order valence-electron chi connectivity index (χ0n) is 12.5. The van der Waals surface area contributed by atoms with Crippen molar-refractivity contribution in [3.05, 3.63) is 22.4 Å². The van der Waals surface area contributed by atoms with Crippen LogP contribution in [0.2, 0.25) is 0 Å². The van der Waals surface area contributed by atoms with Crippen LogP contribution >= 0.6 is 15.9 Å². The van der Waals surface area contributed by atoms with Gasteiger partial charge in [0.15, 0.2) is 0 Å². The largest absolute Gasteiger partial charge is 0.350 e. The van der Waals surface area contributed by atoms with Crippen molar-refractivity contribution in [3.63, 3.8) is 0 Å². The Balaban J connectivity index is 1.86. The molecule has 1 fully saturated rings. The van der Waals surface area contributed by atoms with E-state index in [0.29, 0.717) is 12.0 Å². The lowest BCUT2D eigenvalue weighted by atomic mass is 10.1. The summed E-state index contributed by atoms with van der Waals surface area (Å²) in [5, 5.41) is 3.08. The van der Waals surface area contributed by atoms with E-state index in [9.17, 15) is 4.79 Å². The molecule has 1 aliphatic heterocycles. The highest BCUT2D eigenvalue weighted by Gasteiger charge is 2.24. The highest BCUT2D eigenvalue weighted by Crippen LogP contribution is 2.18. The normalized spacial score (nSPS) is 19.8. The molecule has 1 unspecified atom stereocenters. The van der Waals surface area contributed by atoms with Crippen molar-refractivity contribution in [3.8, 4) is 0 Å². The smallest absolute Gasteiger partial charge is 0.267 e. The summed E-state index contributed by atoms with van der Waals surface area (Å²) in [5.74, 6) is 0.607. The predicted octanol–water partition coefficient (Wildman–Crippen LogP) is 2.73. The van der Waals surface area contributed by atoms with E-state index in [1.165, 1.54) is 6.42 Å². The average molecular weight is 342 g/mol. The van der Waals surface area contributed by atoms with E-state index in [1.807, 2.05) is 23.8 Å². The molecular formula is C15H24BrN3O. The topological polar surface area (TPSA) is 37.3 Å². The summed E-state index contributed by atoms with van der Waals surface area (Å²) in [6.45, 7) is 10.3. The van der Waals surface area contributed by atoms with Crippen LogP contribution < -0.4 is 5.32 Å². The number of carbonyl (C=O) groups is 1. The first-order valence-electron chi connectivity index (χ1n) is 7.39. The van der Waals surface area contributed by atoms with Gasteiger partial charge in [-0.3, -0.25) is 4.79 Å². The van der Waals surface area contributed by atoms with Crippen LogP contribution in [0, 0.1) is 5.92 Å². The van der Waals surface area contributed by atoms with Gasteiger partial charge in [-0.25, -0.2) is 0 Å². The number of halogens is 1. The summed E-state index contributed by atoms with van der Waals surface area (Å²) in [6, 6.07) is 2.48. The summed E-state index contributed by atoms with van der Waals surface area (Å²) in [7, 11) is 0. The number of likely N-dealkylation sites (tertiary alicyclic amines) is 1. The SMILES string of the molecule is CCn1cc(Br)cc1C(=O)NCC1CCN(C(C)C)C1. The van der Waals surface area contributed by atoms with Gasteiger partial charge >= 0.3 is 0 Å². The molecule has 1 aromatic rings. The number of hydrogen-bond donors (Lipinski definition) is 1. The van der Waals surface area contributed by atoms with E-state index >= 15 is 0 Å². The molecule has 0 saturated carbocycles. The first-order chi connectivity index (χ1) is 9.51. The Morgan fingerprint density at radius 1 is 1.55 bits per heavy atom. The molecule has 0 bridgehead atoms. The number of amides is 1. The molecule has 2 heterocycles. The van der Waals surface area contributed by atoms with Gasteiger partial charge in [0.05, 0.1) is 0 Å². The molecule has 1 aromatic heterocycles. The lowest BCUT2D eigenvalue weighted by Gasteiger charge is -2.20. The van der Waals surface area contributed by atoms with Crippen LogP contribution in [0.5, 0.6) is 0 Å². The summed E-state index contributed by atoms with van der Waals surface area (Å²) in [5.41, 5.74) is 0.734. The third kappa shape index (κ3) is 3.64. The van der Waals surface area contributed by atoms with Crippen LogP contribution in [-0.2, 0) is 6.54 Å². The van der Waals surface area contributed by atoms with Gasteiger partial charge in [-0.1, -0.05) is 0 Å². The van der Waals surface area contributed by atoms with Crippen molar-refractivity contribution in [2.45, 2.75) is 39.8 Å². The summed E-state index contributed by atoms with van der Waals surface area (Å²) in [4.78, 5) is 14.7. The Hall–Kier alpha value is -0.810. The maximum absolute atomic E-state index is 12.2. The monoisotopic (exact) mass is 341 g/mol. The van der Waals surface area contributed by atoms with E-state index in [1.54, 1.807) is 0 Å². The average Bonchev–Trinajstić information content (AvgIpc) is 3.02. The van der Waals surface area contributed by atoms with E-state index in [-0.39, 0.29) is 5.91 Å². The molecule has 1 amide bonds. The molecule has 2 rings (SSSR count). The standard InChI is InChI=1S/C15H24BrN3O/c1-4-18-10-13(16)7-14(18)15(20)17-8-12-5-6-19(9-12)11(2)3/h7,10-12H,4-6,8-9H2,1-3H3,(H,17,20). The fourth-order valence-corrected chi connectivity index (χ4v) is 3.22. The lowest BCUT2D eigenvalue weighted by molar-refractivity contribution is 0.0938. The van der Waals surface area contributed by atoms with Crippen LogP contribution in [-0.4, -0.2) is 41.1 Å². The van der Waals surface area contributed by atoms with Crippen molar-refractivity contribution in [1.29, 1.82) is 0 Å². The number of rotatable bonds is 5. The molecule has 4 nitrogen and oxygen atoms in total. The molecule has 0 aromatic carbocycles. The van der Waals surface area contributed by atoms with Crippen LogP contribution in [0.3, 0.4) is 0 Å². The molecule has 0 aliphatic carbocycles. The third-order valence-corrected chi connectivity index (χ3v) is 4.47. The van der Waals surface area contributed by atoms with E-state index < -0.39 is 0 Å². The summed E-state index contributed by atoms with van der Waals surface area (Å²) < 4.78 is 2.92. The zero-order valence-corrected chi connectivity index (χ0v) is 14.1. The molecule has 20 heavy (non-hydrogen) atoms. The van der Waals surface area contributed by atoms with E-state index in [2.05, 4.69) is 40.0 Å². The van der Waals surface area contributed by atoms with Crippen molar-refractivity contribution in [2.75, 3.05) is 19.6 Å². The zero-order chi connectivity index (χ0) is 14.7. The van der Waals surface area contributed by atoms with Gasteiger partial charge in [0.1, 0.15) is 5.69 Å². The quantitative estimate of drug-likeness (QED) is 0.893. The third-order valence-electron chi connectivity index (χ3n) is 4.04. The minimum Gasteiger partial charge on any atom is -0.350 e. The van der Waals surface area contributed by atoms with Gasteiger partial charge in [0.2, 0.25) is 0 Å². The van der Waals surface area contributed by atoms with Gasteiger partial charge in [-0.05, 0) is 61.7 Å². The minimum absolute atomic E-state index is 0.0283. The van der Waals surface area contributed by atoms with Crippen LogP contribution in [0.15, 0.2) is 16.7 Å². The number of nitrogens with one attached hydrogen (secondary N) is 1. The lowest BCUT2D eigenvalue weighted by Crippen LogP contribution is -2.33. The van der Waals surface area contributed by atoms with Crippen molar-refractivity contribution < 1.29 is 4.79 Å². The maximum atomic E-state index is 12.2. The molecule has 0 radical (unpaired) electrons. The highest BCUT2D eigenvalue weighted by atomic mass is 79.9. The van der Waals surface area contributed by atoms with Crippen LogP contribution in [0.4, 0.5) is 0 Å². The molecule has 1 atom stereocenters. The number of aryl methyl sites for hydroxylation is 1. The molecule has 1 aliphatic rings. The number of hydrogen-bond acceptors (Lipinski definition) is 2. The first kappa shape index (κ1) is 15.6. The fourth-order valence-electron chi connectivity index (χ4n) is 2.75. The number of aromatic nitrogens is 1. The molecule has 5 heteroatoms. The van der Waals surface area contributed by atoms with Crippen molar-refractivity contribution in [1.82, 2.24) is 14.8 Å². The number of carbonyl (C=O) groups excluding carboxylic acids is 1. The molecular weight excluding hydrogens is 318 g/mol. The summed E-state index contributed by atoms with van der Waals surface area (Å²) in [6.07, 6.45) is 3.13. The second kappa shape index (κ2) is 6.76.